The molecule has 0 spiro atoms. The second-order valence-electron chi connectivity index (χ2n) is 4.55. The molecule has 5 heteroatoms. The Balaban J connectivity index is 2.68. The van der Waals surface area contributed by atoms with E-state index in [9.17, 15) is 4.79 Å². The van der Waals surface area contributed by atoms with Crippen molar-refractivity contribution in [1.29, 1.82) is 0 Å². The van der Waals surface area contributed by atoms with Gasteiger partial charge in [0, 0.05) is 18.8 Å². The van der Waals surface area contributed by atoms with Crippen LogP contribution < -0.4 is 11.1 Å². The van der Waals surface area contributed by atoms with E-state index in [4.69, 9.17) is 10.8 Å². The Morgan fingerprint density at radius 2 is 2.18 bits per heavy atom. The van der Waals surface area contributed by atoms with Gasteiger partial charge in [-0.25, -0.2) is 0 Å². The molecule has 1 amide bonds. The van der Waals surface area contributed by atoms with Crippen LogP contribution in [0.5, 0.6) is 0 Å². The Labute approximate surface area is 102 Å². The molecule has 0 aliphatic heterocycles. The first-order chi connectivity index (χ1) is 7.91. The number of aliphatic hydroxyl groups is 1. The zero-order valence-corrected chi connectivity index (χ0v) is 10.6. The summed E-state index contributed by atoms with van der Waals surface area (Å²) in [5.74, 6) is -0.156. The number of nitrogens with two attached hydrogens (primary N) is 1. The second-order valence-corrected chi connectivity index (χ2v) is 4.55. The number of anilines is 1. The first-order valence-electron chi connectivity index (χ1n) is 5.85. The van der Waals surface area contributed by atoms with Gasteiger partial charge in [0.2, 0.25) is 0 Å². The lowest BCUT2D eigenvalue weighted by Crippen LogP contribution is -2.28. The minimum absolute atomic E-state index is 0.156. The summed E-state index contributed by atoms with van der Waals surface area (Å²) in [5.41, 5.74) is 6.83. The van der Waals surface area contributed by atoms with Crippen LogP contribution in [0.3, 0.4) is 0 Å². The van der Waals surface area contributed by atoms with E-state index in [0.717, 1.165) is 0 Å². The number of hydrogen-bond donors (Lipinski definition) is 3. The summed E-state index contributed by atoms with van der Waals surface area (Å²) in [6.07, 6.45) is 1.90. The van der Waals surface area contributed by atoms with Crippen molar-refractivity contribution in [3.8, 4) is 0 Å². The molecule has 5 nitrogen and oxygen atoms in total. The van der Waals surface area contributed by atoms with Gasteiger partial charge >= 0.3 is 0 Å². The molecule has 1 rings (SSSR count). The third kappa shape index (κ3) is 3.78. The first-order valence-corrected chi connectivity index (χ1v) is 5.85. The van der Waals surface area contributed by atoms with Gasteiger partial charge in [-0.05, 0) is 33.3 Å². The van der Waals surface area contributed by atoms with Crippen molar-refractivity contribution < 1.29 is 9.90 Å². The van der Waals surface area contributed by atoms with E-state index in [-0.39, 0.29) is 11.9 Å². The van der Waals surface area contributed by atoms with Crippen molar-refractivity contribution in [3.05, 3.63) is 18.0 Å². The predicted molar refractivity (Wildman–Crippen MR) is 67.9 cm³/mol. The number of aliphatic hydroxyl groups excluding tert-OH is 1. The first kappa shape index (κ1) is 13.6. The zero-order valence-electron chi connectivity index (χ0n) is 10.6. The molecular formula is C12H21N3O2. The highest BCUT2D eigenvalue weighted by molar-refractivity contribution is 5.93. The summed E-state index contributed by atoms with van der Waals surface area (Å²) in [7, 11) is 0. The highest BCUT2D eigenvalue weighted by Crippen LogP contribution is 2.16. The van der Waals surface area contributed by atoms with Gasteiger partial charge in [-0.1, -0.05) is 0 Å². The maximum atomic E-state index is 11.9. The van der Waals surface area contributed by atoms with Crippen LogP contribution in [-0.2, 0) is 0 Å². The number of carbonyl (C=O) groups excluding carboxylic acids is 1. The number of rotatable bonds is 5. The van der Waals surface area contributed by atoms with Crippen LogP contribution in [0.1, 0.15) is 43.7 Å². The Kier molecular flexibility index (Phi) is 4.57. The maximum Gasteiger partial charge on any atom is 0.267 e. The molecule has 1 atom stereocenters. The van der Waals surface area contributed by atoms with Crippen LogP contribution in [0, 0.1) is 0 Å². The summed E-state index contributed by atoms with van der Waals surface area (Å²) in [6.45, 7) is 6.14. The minimum Gasteiger partial charge on any atom is -0.397 e. The minimum atomic E-state index is -0.405. The Morgan fingerprint density at radius 1 is 1.53 bits per heavy atom. The van der Waals surface area contributed by atoms with E-state index in [1.165, 1.54) is 0 Å². The van der Waals surface area contributed by atoms with Crippen molar-refractivity contribution in [2.24, 2.45) is 0 Å². The van der Waals surface area contributed by atoms with Gasteiger partial charge in [-0.2, -0.15) is 0 Å². The number of aromatic nitrogens is 1. The lowest BCUT2D eigenvalue weighted by molar-refractivity contribution is 0.0935. The van der Waals surface area contributed by atoms with E-state index in [2.05, 4.69) is 5.32 Å². The van der Waals surface area contributed by atoms with Gasteiger partial charge in [0.15, 0.2) is 0 Å². The van der Waals surface area contributed by atoms with Crippen LogP contribution in [0.15, 0.2) is 12.3 Å². The summed E-state index contributed by atoms with van der Waals surface area (Å²) in [4.78, 5) is 11.9. The molecule has 0 aliphatic carbocycles. The zero-order chi connectivity index (χ0) is 13.0. The van der Waals surface area contributed by atoms with Crippen molar-refractivity contribution in [2.45, 2.75) is 39.3 Å². The largest absolute Gasteiger partial charge is 0.397 e. The van der Waals surface area contributed by atoms with Crippen LogP contribution in [0.4, 0.5) is 5.69 Å². The Morgan fingerprint density at radius 3 is 2.71 bits per heavy atom. The number of carbonyl (C=O) groups is 1. The Hall–Kier alpha value is -1.49. The fourth-order valence-electron chi connectivity index (χ4n) is 1.60. The molecule has 0 bridgehead atoms. The number of nitrogens with zero attached hydrogens (tertiary/aromatic N) is 1. The van der Waals surface area contributed by atoms with Gasteiger partial charge in [0.1, 0.15) is 5.69 Å². The molecule has 0 fully saturated rings. The molecule has 1 aromatic rings. The number of hydrogen-bond acceptors (Lipinski definition) is 3. The summed E-state index contributed by atoms with van der Waals surface area (Å²) in [5, 5.41) is 11.9. The summed E-state index contributed by atoms with van der Waals surface area (Å²) >= 11 is 0. The molecule has 17 heavy (non-hydrogen) atoms. The Bertz CT molecular complexity index is 383. The molecule has 0 aromatic carbocycles. The molecule has 0 radical (unpaired) electrons. The van der Waals surface area contributed by atoms with Crippen molar-refractivity contribution >= 4 is 11.6 Å². The third-order valence-electron chi connectivity index (χ3n) is 2.51. The van der Waals surface area contributed by atoms with Gasteiger partial charge in [0.25, 0.3) is 5.91 Å². The number of nitrogen functional groups attached to an aromatic ring is 1. The normalized spacial score (nSPS) is 12.8. The van der Waals surface area contributed by atoms with Crippen molar-refractivity contribution in [2.75, 3.05) is 12.3 Å². The van der Waals surface area contributed by atoms with Crippen molar-refractivity contribution in [3.63, 3.8) is 0 Å². The molecule has 0 saturated heterocycles. The summed E-state index contributed by atoms with van der Waals surface area (Å²) < 4.78 is 1.84. The molecule has 0 saturated carbocycles. The topological polar surface area (TPSA) is 80.3 Å². The SMILES string of the molecule is CC(O)CCNC(=O)c1cc(N)cn1C(C)C. The van der Waals surface area contributed by atoms with E-state index < -0.39 is 6.10 Å². The molecule has 0 aliphatic rings. The van der Waals surface area contributed by atoms with Crippen LogP contribution in [0.25, 0.3) is 0 Å². The average Bonchev–Trinajstić information content (AvgIpc) is 2.59. The molecule has 1 heterocycles. The van der Waals surface area contributed by atoms with Crippen LogP contribution >= 0.6 is 0 Å². The smallest absolute Gasteiger partial charge is 0.267 e. The molecule has 96 valence electrons. The van der Waals surface area contributed by atoms with Gasteiger partial charge in [0.05, 0.1) is 11.8 Å². The summed E-state index contributed by atoms with van der Waals surface area (Å²) in [6, 6.07) is 1.85. The number of nitrogens with one attached hydrogen (secondary N) is 1. The van der Waals surface area contributed by atoms with E-state index in [0.29, 0.717) is 24.3 Å². The van der Waals surface area contributed by atoms with Crippen LogP contribution in [-0.4, -0.2) is 28.2 Å². The molecule has 1 aromatic heterocycles. The third-order valence-corrected chi connectivity index (χ3v) is 2.51. The molecule has 1 unspecified atom stereocenters. The standard InChI is InChI=1S/C12H21N3O2/c1-8(2)15-7-10(13)6-11(15)12(17)14-5-4-9(3)16/h6-9,16H,4-5,13H2,1-3H3,(H,14,17). The lowest BCUT2D eigenvalue weighted by atomic mass is 10.3. The molecule has 4 N–H and O–H groups in total. The van der Waals surface area contributed by atoms with Gasteiger partial charge in [-0.3, -0.25) is 4.79 Å². The van der Waals surface area contributed by atoms with Crippen LogP contribution in [0.2, 0.25) is 0 Å². The lowest BCUT2D eigenvalue weighted by Gasteiger charge is -2.13. The maximum absolute atomic E-state index is 11.9. The predicted octanol–water partition coefficient (Wildman–Crippen LogP) is 1.15. The van der Waals surface area contributed by atoms with Gasteiger partial charge in [-0.15, -0.1) is 0 Å². The highest BCUT2D eigenvalue weighted by Gasteiger charge is 2.14. The monoisotopic (exact) mass is 239 g/mol. The fraction of sp³-hybridized carbons (Fsp3) is 0.583. The number of amides is 1. The van der Waals surface area contributed by atoms with Crippen molar-refractivity contribution in [1.82, 2.24) is 9.88 Å². The second kappa shape index (κ2) is 5.72. The van der Waals surface area contributed by atoms with E-state index >= 15 is 0 Å². The van der Waals surface area contributed by atoms with E-state index in [1.54, 1.807) is 19.2 Å². The quantitative estimate of drug-likeness (QED) is 0.721. The van der Waals surface area contributed by atoms with E-state index in [1.807, 2.05) is 18.4 Å². The molecular weight excluding hydrogens is 218 g/mol. The fourth-order valence-corrected chi connectivity index (χ4v) is 1.60. The van der Waals surface area contributed by atoms with Gasteiger partial charge < -0.3 is 20.7 Å². The average molecular weight is 239 g/mol. The highest BCUT2D eigenvalue weighted by atomic mass is 16.3.